The molecule has 2 heterocycles. The fourth-order valence-corrected chi connectivity index (χ4v) is 6.86. The number of rotatable bonds is 10. The molecule has 0 spiro atoms. The molecule has 4 aromatic rings. The third kappa shape index (κ3) is 6.03. The number of carbonyl (C=O) groups is 1. The normalized spacial score (nSPS) is 19.1. The van der Waals surface area contributed by atoms with Crippen LogP contribution in [0, 0.1) is 5.82 Å². The minimum Gasteiger partial charge on any atom is -0.352 e. The molecule has 0 unspecified atom stereocenters. The van der Waals surface area contributed by atoms with Gasteiger partial charge in [-0.05, 0) is 101 Å². The number of benzene rings is 2. The Morgan fingerprint density at radius 1 is 0.978 bits per heavy atom. The van der Waals surface area contributed by atoms with Crippen molar-refractivity contribution < 1.29 is 9.18 Å². The van der Waals surface area contributed by atoms with E-state index in [9.17, 15) is 18.8 Å². The van der Waals surface area contributed by atoms with Crippen molar-refractivity contribution in [3.8, 4) is 16.8 Å². The highest BCUT2D eigenvalue weighted by molar-refractivity contribution is 5.89. The zero-order valence-corrected chi connectivity index (χ0v) is 27.1. The number of likely N-dealkylation sites (N-methyl/N-ethyl adjacent to an activating group) is 1. The Bertz CT molecular complexity index is 1850. The number of aromatic nitrogens is 3. The van der Waals surface area contributed by atoms with Crippen LogP contribution in [0.4, 0.5) is 4.39 Å². The summed E-state index contributed by atoms with van der Waals surface area (Å²) in [7, 11) is 3.86. The van der Waals surface area contributed by atoms with Gasteiger partial charge >= 0.3 is 5.69 Å². The lowest BCUT2D eigenvalue weighted by Crippen LogP contribution is -2.50. The maximum Gasteiger partial charge on any atom is 0.337 e. The summed E-state index contributed by atoms with van der Waals surface area (Å²) >= 11 is 0. The summed E-state index contributed by atoms with van der Waals surface area (Å²) in [4.78, 5) is 49.5. The standard InChI is InChI=1S/C36H43FN6O3/c1-5-41(6-2)23-24-10-12-25(13-11-24)26-8-7-9-30(20-26)42-32-31(21-27(37)22-38-32)33(44)43(35(42)46)29-16-14-28(15-17-29)39-34(45)36(18-19-36)40(3)4/h7-13,20-22,28-29H,5-6,14-19,23H2,1-4H3,(H,39,45). The van der Waals surface area contributed by atoms with Gasteiger partial charge in [0.15, 0.2) is 5.65 Å². The molecule has 0 atom stereocenters. The second kappa shape index (κ2) is 12.9. The number of amides is 1. The van der Waals surface area contributed by atoms with E-state index in [-0.39, 0.29) is 29.0 Å². The minimum absolute atomic E-state index is 0.0197. The van der Waals surface area contributed by atoms with Crippen LogP contribution >= 0.6 is 0 Å². The second-order valence-corrected chi connectivity index (χ2v) is 12.9. The Morgan fingerprint density at radius 2 is 1.67 bits per heavy atom. The number of halogens is 1. The Balaban J connectivity index is 1.31. The van der Waals surface area contributed by atoms with Crippen LogP contribution in [-0.4, -0.2) is 68.6 Å². The van der Waals surface area contributed by atoms with Gasteiger partial charge in [0.05, 0.1) is 22.8 Å². The number of nitrogens with one attached hydrogen (secondary N) is 1. The van der Waals surface area contributed by atoms with Crippen LogP contribution in [0.15, 0.2) is 70.4 Å². The van der Waals surface area contributed by atoms with Crippen molar-refractivity contribution in [1.29, 1.82) is 0 Å². The average molecular weight is 627 g/mol. The predicted molar refractivity (Wildman–Crippen MR) is 179 cm³/mol. The Labute approximate surface area is 268 Å². The van der Waals surface area contributed by atoms with Crippen LogP contribution in [0.5, 0.6) is 0 Å². The molecule has 0 radical (unpaired) electrons. The lowest BCUT2D eigenvalue weighted by atomic mass is 9.90. The van der Waals surface area contributed by atoms with Gasteiger partial charge in [0.25, 0.3) is 5.56 Å². The van der Waals surface area contributed by atoms with Gasteiger partial charge in [-0.1, -0.05) is 50.2 Å². The first-order valence-electron chi connectivity index (χ1n) is 16.4. The number of hydrogen-bond donors (Lipinski definition) is 1. The molecule has 2 saturated carbocycles. The van der Waals surface area contributed by atoms with E-state index in [1.54, 1.807) is 0 Å². The lowest BCUT2D eigenvalue weighted by molar-refractivity contribution is -0.128. The third-order valence-electron chi connectivity index (χ3n) is 9.98. The van der Waals surface area contributed by atoms with Crippen molar-refractivity contribution >= 4 is 16.9 Å². The van der Waals surface area contributed by atoms with Gasteiger partial charge in [-0.25, -0.2) is 18.7 Å². The molecule has 2 aromatic heterocycles. The number of pyridine rings is 1. The van der Waals surface area contributed by atoms with Crippen molar-refractivity contribution in [3.63, 3.8) is 0 Å². The summed E-state index contributed by atoms with van der Waals surface area (Å²) in [5.41, 5.74) is 2.35. The topological polar surface area (TPSA) is 92.5 Å². The Morgan fingerprint density at radius 3 is 2.30 bits per heavy atom. The molecule has 46 heavy (non-hydrogen) atoms. The fraction of sp³-hybridized carbons (Fsp3) is 0.444. The van der Waals surface area contributed by atoms with Gasteiger partial charge in [0, 0.05) is 18.6 Å². The summed E-state index contributed by atoms with van der Waals surface area (Å²) in [5.74, 6) is -0.590. The molecule has 2 aliphatic rings. The van der Waals surface area contributed by atoms with Crippen LogP contribution in [0.3, 0.4) is 0 Å². The van der Waals surface area contributed by atoms with E-state index in [1.807, 2.05) is 43.3 Å². The molecule has 2 fully saturated rings. The molecule has 1 N–H and O–H groups in total. The first-order chi connectivity index (χ1) is 22.1. The average Bonchev–Trinajstić information content (AvgIpc) is 3.88. The summed E-state index contributed by atoms with van der Waals surface area (Å²) < 4.78 is 17.2. The van der Waals surface area contributed by atoms with Gasteiger partial charge in [0.1, 0.15) is 5.82 Å². The van der Waals surface area contributed by atoms with Gasteiger partial charge in [0.2, 0.25) is 5.91 Å². The number of hydrogen-bond acceptors (Lipinski definition) is 6. The monoisotopic (exact) mass is 626 g/mol. The van der Waals surface area contributed by atoms with E-state index in [1.165, 1.54) is 14.7 Å². The lowest BCUT2D eigenvalue weighted by Gasteiger charge is -2.32. The van der Waals surface area contributed by atoms with Crippen molar-refractivity contribution in [2.75, 3.05) is 27.2 Å². The highest BCUT2D eigenvalue weighted by Gasteiger charge is 2.52. The van der Waals surface area contributed by atoms with Crippen molar-refractivity contribution in [1.82, 2.24) is 29.2 Å². The van der Waals surface area contributed by atoms with Crippen LogP contribution in [0.25, 0.3) is 27.8 Å². The molecule has 2 aliphatic carbocycles. The molecule has 2 aromatic carbocycles. The third-order valence-corrected chi connectivity index (χ3v) is 9.98. The predicted octanol–water partition coefficient (Wildman–Crippen LogP) is 4.89. The zero-order chi connectivity index (χ0) is 32.6. The Kier molecular flexibility index (Phi) is 8.94. The fourth-order valence-electron chi connectivity index (χ4n) is 6.86. The van der Waals surface area contributed by atoms with Crippen molar-refractivity contribution in [3.05, 3.63) is 93.0 Å². The van der Waals surface area contributed by atoms with Crippen LogP contribution < -0.4 is 16.6 Å². The smallest absolute Gasteiger partial charge is 0.337 e. The maximum absolute atomic E-state index is 14.5. The first kappa shape index (κ1) is 31.8. The Hall–Kier alpha value is -4.15. The zero-order valence-electron chi connectivity index (χ0n) is 27.1. The molecule has 6 rings (SSSR count). The molecular formula is C36H43FN6O3. The van der Waals surface area contributed by atoms with Crippen molar-refractivity contribution in [2.24, 2.45) is 0 Å². The van der Waals surface area contributed by atoms with E-state index in [0.29, 0.717) is 31.4 Å². The number of nitrogens with zero attached hydrogens (tertiary/aromatic N) is 5. The molecule has 9 nitrogen and oxygen atoms in total. The molecule has 242 valence electrons. The molecule has 0 aliphatic heterocycles. The quantitative estimate of drug-likeness (QED) is 0.270. The summed E-state index contributed by atoms with van der Waals surface area (Å²) in [6, 6.07) is 16.7. The summed E-state index contributed by atoms with van der Waals surface area (Å²) in [6.07, 6.45) is 5.11. The van der Waals surface area contributed by atoms with E-state index < -0.39 is 22.6 Å². The van der Waals surface area contributed by atoms with E-state index in [4.69, 9.17) is 0 Å². The molecule has 0 bridgehead atoms. The van der Waals surface area contributed by atoms with Crippen LogP contribution in [0.1, 0.15) is 64.0 Å². The first-order valence-corrected chi connectivity index (χ1v) is 16.4. The van der Waals surface area contributed by atoms with Crippen molar-refractivity contribution in [2.45, 2.75) is 76.5 Å². The highest BCUT2D eigenvalue weighted by atomic mass is 19.1. The van der Waals surface area contributed by atoms with E-state index >= 15 is 0 Å². The van der Waals surface area contributed by atoms with Gasteiger partial charge in [-0.15, -0.1) is 0 Å². The van der Waals surface area contributed by atoms with Crippen LogP contribution in [0.2, 0.25) is 0 Å². The van der Waals surface area contributed by atoms with Crippen LogP contribution in [-0.2, 0) is 11.3 Å². The SMILES string of the molecule is CCN(CC)Cc1ccc(-c2cccc(-n3c(=O)n(C4CCC(NC(=O)C5(N(C)C)CC5)CC4)c(=O)c4cc(F)cnc43)c2)cc1. The molecule has 0 saturated heterocycles. The van der Waals surface area contributed by atoms with Gasteiger partial charge < -0.3 is 5.32 Å². The molecule has 10 heteroatoms. The highest BCUT2D eigenvalue weighted by Crippen LogP contribution is 2.40. The van der Waals surface area contributed by atoms with E-state index in [2.05, 4.69) is 53.3 Å². The number of fused-ring (bicyclic) bond motifs is 1. The summed E-state index contributed by atoms with van der Waals surface area (Å²) in [5, 5.41) is 3.26. The minimum atomic E-state index is -0.638. The van der Waals surface area contributed by atoms with Gasteiger partial charge in [-0.2, -0.15) is 0 Å². The molecule has 1 amide bonds. The van der Waals surface area contributed by atoms with E-state index in [0.717, 1.165) is 55.9 Å². The second-order valence-electron chi connectivity index (χ2n) is 12.9. The molecular weight excluding hydrogens is 583 g/mol. The maximum atomic E-state index is 14.5. The largest absolute Gasteiger partial charge is 0.352 e. The summed E-state index contributed by atoms with van der Waals surface area (Å²) in [6.45, 7) is 7.16. The van der Waals surface area contributed by atoms with Gasteiger partial charge in [-0.3, -0.25) is 24.0 Å². The number of carbonyl (C=O) groups excluding carboxylic acids is 1.